The maximum Gasteiger partial charge on any atom is 1.00 e. The summed E-state index contributed by atoms with van der Waals surface area (Å²) < 4.78 is 0. The van der Waals surface area contributed by atoms with Gasteiger partial charge in [-0.15, -0.1) is 0 Å². The molecule has 0 fully saturated rings. The van der Waals surface area contributed by atoms with Crippen LogP contribution in [-0.4, -0.2) is 35.4 Å². The van der Waals surface area contributed by atoms with Gasteiger partial charge in [0, 0.05) is 18.4 Å². The number of hydrogen-bond acceptors (Lipinski definition) is 7. The first-order valence-electron chi connectivity index (χ1n) is 8.44. The molecule has 0 aliphatic heterocycles. The zero-order valence-electron chi connectivity index (χ0n) is 17.1. The molecule has 148 valence electrons. The third kappa shape index (κ3) is 10.5. The zero-order valence-corrected chi connectivity index (χ0v) is 21.1. The van der Waals surface area contributed by atoms with Crippen LogP contribution in [0.4, 0.5) is 0 Å². The van der Waals surface area contributed by atoms with E-state index in [4.69, 9.17) is 0 Å². The van der Waals surface area contributed by atoms with Gasteiger partial charge < -0.3 is 35.5 Å². The van der Waals surface area contributed by atoms with Crippen LogP contribution in [0.1, 0.15) is 42.6 Å². The average molecular weight is 424 g/mol. The van der Waals surface area contributed by atoms with Crippen molar-refractivity contribution in [3.8, 4) is 5.75 Å². The molecule has 0 aliphatic rings. The number of phenols is 1. The Morgan fingerprint density at radius 2 is 1.72 bits per heavy atom. The van der Waals surface area contributed by atoms with Crippen LogP contribution < -0.4 is 80.0 Å². The minimum Gasteiger partial charge on any atom is -0.550 e. The SMILES string of the molecule is CCC(CC(C)C(=O)[O-])C(=O)NCc1ccc(O)c(C(=O)NCC(=O)[O-])c1.[Na+].[Na+]. The Hall–Kier alpha value is -1.10. The fraction of sp³-hybridized carbons (Fsp3) is 0.444. The van der Waals surface area contributed by atoms with Crippen molar-refractivity contribution in [2.75, 3.05) is 6.54 Å². The number of rotatable bonds is 10. The van der Waals surface area contributed by atoms with Crippen molar-refractivity contribution in [3.05, 3.63) is 29.3 Å². The molecular weight excluding hydrogens is 402 g/mol. The standard InChI is InChI=1S/C18H24N2O7.2Na/c1-3-12(6-10(2)18(26)27)16(24)19-8-11-4-5-14(21)13(7-11)17(25)20-9-15(22)23;;/h4-5,7,10,12,21H,3,6,8-9H2,1-2H3,(H,19,24)(H,20,25)(H,22,23)(H,26,27);;/q;2*+1/p-2. The summed E-state index contributed by atoms with van der Waals surface area (Å²) >= 11 is 0. The van der Waals surface area contributed by atoms with E-state index in [1.165, 1.54) is 25.1 Å². The molecule has 3 N–H and O–H groups in total. The van der Waals surface area contributed by atoms with Crippen molar-refractivity contribution in [1.82, 2.24) is 10.6 Å². The van der Waals surface area contributed by atoms with Crippen molar-refractivity contribution in [3.63, 3.8) is 0 Å². The van der Waals surface area contributed by atoms with Gasteiger partial charge in [-0.05, 0) is 36.5 Å². The third-order valence-corrected chi connectivity index (χ3v) is 4.07. The minimum atomic E-state index is -1.47. The second-order valence-electron chi connectivity index (χ2n) is 6.18. The van der Waals surface area contributed by atoms with Gasteiger partial charge in [0.2, 0.25) is 5.91 Å². The predicted octanol–water partition coefficient (Wildman–Crippen LogP) is -7.70. The largest absolute Gasteiger partial charge is 1.00 e. The number of carboxylic acid groups (broad SMARTS) is 2. The maximum atomic E-state index is 12.2. The molecule has 0 aromatic heterocycles. The van der Waals surface area contributed by atoms with Crippen molar-refractivity contribution in [1.29, 1.82) is 0 Å². The molecule has 1 rings (SSSR count). The van der Waals surface area contributed by atoms with Gasteiger partial charge in [-0.2, -0.15) is 0 Å². The molecule has 11 heteroatoms. The van der Waals surface area contributed by atoms with Gasteiger partial charge in [0.05, 0.1) is 18.1 Å². The Morgan fingerprint density at radius 1 is 1.10 bits per heavy atom. The fourth-order valence-corrected chi connectivity index (χ4v) is 2.44. The van der Waals surface area contributed by atoms with Crippen LogP contribution in [0.3, 0.4) is 0 Å². The van der Waals surface area contributed by atoms with Gasteiger partial charge in [-0.1, -0.05) is 19.9 Å². The first-order valence-corrected chi connectivity index (χ1v) is 8.44. The first-order chi connectivity index (χ1) is 12.6. The minimum absolute atomic E-state index is 0. The Morgan fingerprint density at radius 3 is 2.24 bits per heavy atom. The number of nitrogens with one attached hydrogen (secondary N) is 2. The number of aromatic hydroxyl groups is 1. The van der Waals surface area contributed by atoms with E-state index in [9.17, 15) is 34.5 Å². The zero-order chi connectivity index (χ0) is 20.6. The van der Waals surface area contributed by atoms with Gasteiger partial charge in [0.1, 0.15) is 5.75 Å². The Bertz CT molecular complexity index is 728. The van der Waals surface area contributed by atoms with Crippen LogP contribution in [0.15, 0.2) is 18.2 Å². The van der Waals surface area contributed by atoms with E-state index in [0.717, 1.165) is 0 Å². The van der Waals surface area contributed by atoms with Gasteiger partial charge in [-0.25, -0.2) is 0 Å². The summed E-state index contributed by atoms with van der Waals surface area (Å²) in [5, 5.41) is 35.7. The molecule has 0 heterocycles. The number of benzene rings is 1. The molecule has 2 amide bonds. The molecule has 1 aromatic rings. The molecule has 1 aromatic carbocycles. The summed E-state index contributed by atoms with van der Waals surface area (Å²) in [7, 11) is 0. The van der Waals surface area contributed by atoms with Gasteiger partial charge >= 0.3 is 59.1 Å². The Balaban J connectivity index is 0. The second-order valence-corrected chi connectivity index (χ2v) is 6.18. The van der Waals surface area contributed by atoms with Crippen molar-refractivity contribution in [2.24, 2.45) is 11.8 Å². The van der Waals surface area contributed by atoms with Crippen molar-refractivity contribution < 1.29 is 93.6 Å². The molecule has 29 heavy (non-hydrogen) atoms. The fourth-order valence-electron chi connectivity index (χ4n) is 2.44. The average Bonchev–Trinajstić information content (AvgIpc) is 2.62. The summed E-state index contributed by atoms with van der Waals surface area (Å²) in [5.74, 6) is -5.40. The van der Waals surface area contributed by atoms with E-state index < -0.39 is 36.2 Å². The molecule has 0 bridgehead atoms. The number of carboxylic acids is 2. The molecule has 0 radical (unpaired) electrons. The summed E-state index contributed by atoms with van der Waals surface area (Å²) in [5.41, 5.74) is 0.364. The molecule has 0 saturated carbocycles. The van der Waals surface area contributed by atoms with E-state index >= 15 is 0 Å². The number of hydrogen-bond donors (Lipinski definition) is 3. The number of carbonyl (C=O) groups is 4. The van der Waals surface area contributed by atoms with Gasteiger partial charge in [0.25, 0.3) is 5.91 Å². The molecule has 0 aliphatic carbocycles. The molecule has 0 saturated heterocycles. The van der Waals surface area contributed by atoms with Crippen LogP contribution in [0, 0.1) is 11.8 Å². The quantitative estimate of drug-likeness (QED) is 0.315. The summed E-state index contributed by atoms with van der Waals surface area (Å²) in [6, 6.07) is 4.08. The van der Waals surface area contributed by atoms with Gasteiger partial charge in [-0.3, -0.25) is 9.59 Å². The first kappa shape index (κ1) is 30.1. The van der Waals surface area contributed by atoms with Gasteiger partial charge in [0.15, 0.2) is 0 Å². The van der Waals surface area contributed by atoms with Crippen LogP contribution in [0.2, 0.25) is 0 Å². The molecule has 2 atom stereocenters. The normalized spacial score (nSPS) is 11.8. The summed E-state index contributed by atoms with van der Waals surface area (Å²) in [6.07, 6.45) is 0.604. The number of amides is 2. The summed E-state index contributed by atoms with van der Waals surface area (Å²) in [6.45, 7) is 2.60. The van der Waals surface area contributed by atoms with E-state index in [1.54, 1.807) is 6.92 Å². The number of carbonyl (C=O) groups excluding carboxylic acids is 4. The molecular formula is C18H22N2Na2O7. The molecule has 9 nitrogen and oxygen atoms in total. The van der Waals surface area contributed by atoms with E-state index in [-0.39, 0.29) is 89.3 Å². The Kier molecular flexibility index (Phi) is 15.4. The van der Waals surface area contributed by atoms with Crippen LogP contribution in [0.25, 0.3) is 0 Å². The number of aliphatic carboxylic acids is 2. The van der Waals surface area contributed by atoms with Crippen LogP contribution in [-0.2, 0) is 20.9 Å². The van der Waals surface area contributed by atoms with E-state index in [0.29, 0.717) is 12.0 Å². The second kappa shape index (κ2) is 14.8. The molecule has 2 unspecified atom stereocenters. The maximum absolute atomic E-state index is 12.2. The third-order valence-electron chi connectivity index (χ3n) is 4.07. The van der Waals surface area contributed by atoms with Crippen LogP contribution in [0.5, 0.6) is 5.75 Å². The van der Waals surface area contributed by atoms with Crippen molar-refractivity contribution >= 4 is 23.8 Å². The summed E-state index contributed by atoms with van der Waals surface area (Å²) in [4.78, 5) is 45.4. The number of phenolic OH excluding ortho intramolecular Hbond substituents is 1. The Labute approximate surface area is 213 Å². The van der Waals surface area contributed by atoms with E-state index in [1.807, 2.05) is 0 Å². The topological polar surface area (TPSA) is 159 Å². The predicted molar refractivity (Wildman–Crippen MR) is 89.9 cm³/mol. The van der Waals surface area contributed by atoms with Crippen LogP contribution >= 0.6 is 0 Å². The monoisotopic (exact) mass is 424 g/mol. The smallest absolute Gasteiger partial charge is 0.550 e. The van der Waals surface area contributed by atoms with E-state index in [2.05, 4.69) is 10.6 Å². The molecule has 0 spiro atoms. The van der Waals surface area contributed by atoms with Crippen molar-refractivity contribution in [2.45, 2.75) is 33.2 Å².